The Hall–Kier alpha value is -7.56. The van der Waals surface area contributed by atoms with Crippen molar-refractivity contribution in [1.29, 1.82) is 0 Å². The SMILES string of the molecule is [B]/C(C)=C/C(=C)N(C(=C)/C=C\C=C/CC/C=C\C)C(=C/C)/C(=C\C=C)C(/C=C)=C\C(=C/C)C(\C)=C\C=C(/C)N(C1=CC(=C)C/C=C\C(C)=C/C(=C)OC(=C)C=C1)/C(C=C)=C/C=C(\C)c1ccccc1. The second-order valence-electron chi connectivity index (χ2n) is 16.3. The largest absolute Gasteiger partial charge is 0.459 e. The Labute approximate surface area is 419 Å². The molecule has 0 saturated heterocycles. The fourth-order valence-electron chi connectivity index (χ4n) is 7.07. The summed E-state index contributed by atoms with van der Waals surface area (Å²) in [6.45, 7) is 50.4. The number of nitrogens with zero attached hydrogens (tertiary/aromatic N) is 2. The third-order valence-electron chi connectivity index (χ3n) is 10.5. The maximum Gasteiger partial charge on any atom is 0.120 e. The first-order valence-electron chi connectivity index (χ1n) is 23.3. The van der Waals surface area contributed by atoms with Crippen molar-refractivity contribution in [2.45, 2.75) is 74.7 Å². The van der Waals surface area contributed by atoms with Gasteiger partial charge in [0.25, 0.3) is 0 Å². The molecule has 2 radical (unpaired) electrons. The first-order valence-corrected chi connectivity index (χ1v) is 23.3. The van der Waals surface area contributed by atoms with Gasteiger partial charge in [-0.1, -0.05) is 175 Å². The van der Waals surface area contributed by atoms with E-state index in [1.807, 2.05) is 131 Å². The van der Waals surface area contributed by atoms with Crippen LogP contribution >= 0.6 is 0 Å². The molecule has 1 aliphatic rings. The Bertz CT molecular complexity index is 2590. The molecule has 3 nitrogen and oxygen atoms in total. The minimum atomic E-state index is 0.445. The minimum Gasteiger partial charge on any atom is -0.459 e. The van der Waals surface area contributed by atoms with Crippen molar-refractivity contribution >= 4 is 13.4 Å². The van der Waals surface area contributed by atoms with Crippen LogP contribution in [0.5, 0.6) is 0 Å². The molecule has 0 spiro atoms. The number of hydrogen-bond donors (Lipinski definition) is 0. The smallest absolute Gasteiger partial charge is 0.120 e. The van der Waals surface area contributed by atoms with Gasteiger partial charge in [0.2, 0.25) is 0 Å². The quantitative estimate of drug-likeness (QED) is 0.0499. The van der Waals surface area contributed by atoms with Crippen molar-refractivity contribution in [3.05, 3.63) is 319 Å². The molecule has 69 heavy (non-hydrogen) atoms. The van der Waals surface area contributed by atoms with E-state index < -0.39 is 0 Å². The minimum absolute atomic E-state index is 0.445. The number of rotatable bonds is 22. The van der Waals surface area contributed by atoms with Gasteiger partial charge in [0.15, 0.2) is 0 Å². The first kappa shape index (κ1) is 57.6. The van der Waals surface area contributed by atoms with E-state index in [0.717, 1.165) is 80.2 Å². The van der Waals surface area contributed by atoms with Crippen LogP contribution in [0.1, 0.15) is 80.2 Å². The third-order valence-corrected chi connectivity index (χ3v) is 10.5. The van der Waals surface area contributed by atoms with E-state index in [2.05, 4.69) is 157 Å². The maximum absolute atomic E-state index is 6.21. The van der Waals surface area contributed by atoms with Crippen LogP contribution in [0.4, 0.5) is 0 Å². The number of hydrogen-bond acceptors (Lipinski definition) is 3. The third kappa shape index (κ3) is 20.1. The summed E-state index contributed by atoms with van der Waals surface area (Å²) in [7, 11) is 6.21. The fraction of sp³-hybridized carbons (Fsp3) is 0.169. The highest BCUT2D eigenvalue weighted by Gasteiger charge is 2.20. The van der Waals surface area contributed by atoms with Crippen LogP contribution in [0.3, 0.4) is 0 Å². The van der Waals surface area contributed by atoms with Gasteiger partial charge in [-0.15, -0.1) is 5.47 Å². The zero-order chi connectivity index (χ0) is 51.3. The molecular formula is C65H75BN2O. The Balaban J connectivity index is 2.86. The number of allylic oxidation sites excluding steroid dienone is 32. The Morgan fingerprint density at radius 2 is 1.45 bits per heavy atom. The summed E-state index contributed by atoms with van der Waals surface area (Å²) in [6.07, 6.45) is 50.9. The van der Waals surface area contributed by atoms with E-state index in [9.17, 15) is 0 Å². The van der Waals surface area contributed by atoms with Crippen molar-refractivity contribution in [2.75, 3.05) is 0 Å². The molecule has 354 valence electrons. The topological polar surface area (TPSA) is 15.7 Å². The van der Waals surface area contributed by atoms with E-state index in [1.54, 1.807) is 6.08 Å². The van der Waals surface area contributed by atoms with Gasteiger partial charge in [-0.2, -0.15) is 0 Å². The second-order valence-corrected chi connectivity index (χ2v) is 16.3. The van der Waals surface area contributed by atoms with Gasteiger partial charge in [-0.25, -0.2) is 0 Å². The summed E-state index contributed by atoms with van der Waals surface area (Å²) in [5, 5.41) is 0. The highest BCUT2D eigenvalue weighted by atomic mass is 16.5. The highest BCUT2D eigenvalue weighted by Crippen LogP contribution is 2.33. The molecule has 0 bridgehead atoms. The van der Waals surface area contributed by atoms with Gasteiger partial charge in [0.05, 0.1) is 0 Å². The molecule has 0 aromatic heterocycles. The number of unbranched alkanes of at least 4 members (excludes halogenated alkanes) is 1. The lowest BCUT2D eigenvalue weighted by Gasteiger charge is -2.31. The van der Waals surface area contributed by atoms with Crippen LogP contribution in [0.25, 0.3) is 5.57 Å². The summed E-state index contributed by atoms with van der Waals surface area (Å²) < 4.78 is 5.98. The predicted octanol–water partition coefficient (Wildman–Crippen LogP) is 18.2. The van der Waals surface area contributed by atoms with Crippen LogP contribution in [-0.4, -0.2) is 17.6 Å². The van der Waals surface area contributed by atoms with Gasteiger partial charge < -0.3 is 14.5 Å². The van der Waals surface area contributed by atoms with E-state index in [-0.39, 0.29) is 0 Å². The average molecular weight is 911 g/mol. The molecule has 2 rings (SSSR count). The van der Waals surface area contributed by atoms with Crippen molar-refractivity contribution in [3.63, 3.8) is 0 Å². The van der Waals surface area contributed by atoms with E-state index >= 15 is 0 Å². The Morgan fingerprint density at radius 1 is 0.739 bits per heavy atom. The molecule has 0 fully saturated rings. The van der Waals surface area contributed by atoms with E-state index in [4.69, 9.17) is 12.6 Å². The highest BCUT2D eigenvalue weighted by molar-refractivity contribution is 6.21. The van der Waals surface area contributed by atoms with Gasteiger partial charge in [0.1, 0.15) is 19.4 Å². The number of ether oxygens (including phenoxy) is 1. The zero-order valence-electron chi connectivity index (χ0n) is 42.9. The van der Waals surface area contributed by atoms with Gasteiger partial charge in [0, 0.05) is 39.8 Å². The van der Waals surface area contributed by atoms with E-state index in [0.29, 0.717) is 34.8 Å². The summed E-state index contributed by atoms with van der Waals surface area (Å²) in [5.74, 6) is 0.944. The lowest BCUT2D eigenvalue weighted by Crippen LogP contribution is -2.21. The lowest BCUT2D eigenvalue weighted by molar-refractivity contribution is 0.339. The molecule has 0 saturated carbocycles. The molecule has 1 aromatic rings. The van der Waals surface area contributed by atoms with Gasteiger partial charge in [-0.05, 0) is 167 Å². The summed E-state index contributed by atoms with van der Waals surface area (Å²) in [5.41, 5.74) is 13.4. The Kier molecular flexibility index (Phi) is 26.2. The predicted molar refractivity (Wildman–Crippen MR) is 307 cm³/mol. The molecular weight excluding hydrogens is 836 g/mol. The van der Waals surface area contributed by atoms with Crippen molar-refractivity contribution in [2.24, 2.45) is 0 Å². The monoisotopic (exact) mass is 911 g/mol. The summed E-state index contributed by atoms with van der Waals surface area (Å²) in [4.78, 5) is 4.16. The molecule has 1 heterocycles. The average Bonchev–Trinajstić information content (AvgIpc) is 3.32. The van der Waals surface area contributed by atoms with Crippen LogP contribution in [0.2, 0.25) is 0 Å². The summed E-state index contributed by atoms with van der Waals surface area (Å²) >= 11 is 0. The molecule has 0 amide bonds. The van der Waals surface area contributed by atoms with Crippen LogP contribution < -0.4 is 0 Å². The van der Waals surface area contributed by atoms with Crippen molar-refractivity contribution < 1.29 is 4.74 Å². The van der Waals surface area contributed by atoms with Crippen LogP contribution in [0.15, 0.2) is 313 Å². The number of benzene rings is 1. The molecule has 0 atom stereocenters. The Morgan fingerprint density at radius 3 is 2.07 bits per heavy atom. The second kappa shape index (κ2) is 31.4. The lowest BCUT2D eigenvalue weighted by atomic mass is 9.94. The van der Waals surface area contributed by atoms with E-state index in [1.165, 1.54) is 0 Å². The first-order chi connectivity index (χ1) is 33.0. The van der Waals surface area contributed by atoms with Crippen molar-refractivity contribution in [1.82, 2.24) is 9.80 Å². The van der Waals surface area contributed by atoms with Crippen molar-refractivity contribution in [3.8, 4) is 0 Å². The van der Waals surface area contributed by atoms with Gasteiger partial charge in [-0.3, -0.25) is 0 Å². The van der Waals surface area contributed by atoms with Crippen LogP contribution in [-0.2, 0) is 4.74 Å². The zero-order valence-corrected chi connectivity index (χ0v) is 42.9. The molecule has 0 unspecified atom stereocenters. The van der Waals surface area contributed by atoms with Gasteiger partial charge >= 0.3 is 0 Å². The fourth-order valence-corrected chi connectivity index (χ4v) is 7.07. The molecule has 4 heteroatoms. The normalized spacial score (nSPS) is 17.2. The molecule has 1 aromatic carbocycles. The molecule has 1 aliphatic heterocycles. The molecule has 0 N–H and O–H groups in total. The molecule has 0 aliphatic carbocycles. The van der Waals surface area contributed by atoms with Crippen LogP contribution in [0, 0.1) is 0 Å². The summed E-state index contributed by atoms with van der Waals surface area (Å²) in [6, 6.07) is 10.3. The maximum atomic E-state index is 6.21. The standard InChI is InChI=1S/C65H75BN2O/c1-17-23-24-25-26-27-29-36-54(12)67(56(14)47-53(11)66)65(22-6)64(33-18-2)60(20-4)48-59(19-3)51(9)39-41-55(13)68(62(21-5)43-40-52(10)61-37-30-28-31-38-61)63-44-42-57(15)69-58(16)45-49(7)34-32-35-50(8)46-63/h17-23,26-34,36-48H,2,4-5,8,12,14-16,24-25,35H2,1,3,6-7,9-11,13H3/b23-17-,27-26-,34-32-,36-29-,44-42?,49-45-,51-39+,52-40+,53-47+,55-41+,59-19+,60-48-,62-43+,63-46?,64-33-,65-22+.